The summed E-state index contributed by atoms with van der Waals surface area (Å²) in [5.74, 6) is -5.52. The molecule has 1 aromatic carbocycles. The van der Waals surface area contributed by atoms with Gasteiger partial charge in [0, 0.05) is 0 Å². The van der Waals surface area contributed by atoms with Gasteiger partial charge < -0.3 is 0 Å². The van der Waals surface area contributed by atoms with Gasteiger partial charge in [0.25, 0.3) is 0 Å². The molecule has 1 heterocycles. The summed E-state index contributed by atoms with van der Waals surface area (Å²) in [5, 5.41) is 0. The van der Waals surface area contributed by atoms with E-state index in [1.165, 1.54) is 0 Å². The van der Waals surface area contributed by atoms with Crippen LogP contribution in [-0.2, 0) is 16.1 Å². The third-order valence-corrected chi connectivity index (χ3v) is 3.68. The van der Waals surface area contributed by atoms with Gasteiger partial charge in [-0.25, -0.2) is 0 Å². The molecule has 1 saturated carbocycles. The van der Waals surface area contributed by atoms with E-state index in [0.717, 1.165) is 10.5 Å². The molecule has 3 nitrogen and oxygen atoms in total. The summed E-state index contributed by atoms with van der Waals surface area (Å²) in [5.41, 5.74) is 0.731. The van der Waals surface area contributed by atoms with Crippen molar-refractivity contribution in [2.75, 3.05) is 0 Å². The molecule has 19 heavy (non-hydrogen) atoms. The van der Waals surface area contributed by atoms with E-state index in [0.29, 0.717) is 0 Å². The third-order valence-electron chi connectivity index (χ3n) is 3.68. The van der Waals surface area contributed by atoms with Gasteiger partial charge in [0.15, 0.2) is 0 Å². The molecular formula is C13H10F3NO2. The van der Waals surface area contributed by atoms with E-state index in [1.807, 2.05) is 0 Å². The van der Waals surface area contributed by atoms with Gasteiger partial charge in [-0.3, -0.25) is 14.5 Å². The molecule has 3 atom stereocenters. The SMILES string of the molecule is O=C1[C@@H]2C(C(F)(F)F)[C@@H]2C(=O)N1Cc1ccccc1. The van der Waals surface area contributed by atoms with Gasteiger partial charge in [0.05, 0.1) is 24.3 Å². The first-order valence-corrected chi connectivity index (χ1v) is 5.87. The molecular weight excluding hydrogens is 259 g/mol. The topological polar surface area (TPSA) is 37.4 Å². The molecule has 6 heteroatoms. The van der Waals surface area contributed by atoms with Crippen molar-refractivity contribution < 1.29 is 22.8 Å². The van der Waals surface area contributed by atoms with Crippen molar-refractivity contribution >= 4 is 11.8 Å². The molecule has 2 aliphatic rings. The first-order chi connectivity index (χ1) is 8.91. The lowest BCUT2D eigenvalue weighted by atomic mass is 10.2. The molecule has 1 unspecified atom stereocenters. The van der Waals surface area contributed by atoms with E-state index in [4.69, 9.17) is 0 Å². The normalized spacial score (nSPS) is 29.6. The maximum Gasteiger partial charge on any atom is 0.393 e. The van der Waals surface area contributed by atoms with Crippen molar-refractivity contribution in [3.63, 3.8) is 0 Å². The van der Waals surface area contributed by atoms with Crippen LogP contribution in [-0.4, -0.2) is 22.9 Å². The second-order valence-corrected chi connectivity index (χ2v) is 4.87. The number of alkyl halides is 3. The van der Waals surface area contributed by atoms with Crippen molar-refractivity contribution in [3.8, 4) is 0 Å². The highest BCUT2D eigenvalue weighted by Gasteiger charge is 2.75. The number of hydrogen-bond acceptors (Lipinski definition) is 2. The molecule has 2 fully saturated rings. The Morgan fingerprint density at radius 2 is 1.53 bits per heavy atom. The Morgan fingerprint density at radius 1 is 1.00 bits per heavy atom. The summed E-state index contributed by atoms with van der Waals surface area (Å²) in [6.07, 6.45) is -4.46. The van der Waals surface area contributed by atoms with Crippen LogP contribution in [0.1, 0.15) is 5.56 Å². The molecule has 3 rings (SSSR count). The van der Waals surface area contributed by atoms with Crippen LogP contribution in [0.5, 0.6) is 0 Å². The van der Waals surface area contributed by atoms with E-state index < -0.39 is 35.7 Å². The number of halogens is 3. The first kappa shape index (κ1) is 12.2. The van der Waals surface area contributed by atoms with Gasteiger partial charge in [-0.05, 0) is 5.56 Å². The molecule has 0 bridgehead atoms. The summed E-state index contributed by atoms with van der Waals surface area (Å²) >= 11 is 0. The summed E-state index contributed by atoms with van der Waals surface area (Å²) in [6, 6.07) is 8.74. The van der Waals surface area contributed by atoms with Gasteiger partial charge in [-0.15, -0.1) is 0 Å². The number of piperidine rings is 1. The molecule has 2 amide bonds. The van der Waals surface area contributed by atoms with E-state index in [1.54, 1.807) is 30.3 Å². The van der Waals surface area contributed by atoms with Crippen LogP contribution in [0.4, 0.5) is 13.2 Å². The lowest BCUT2D eigenvalue weighted by Gasteiger charge is -2.19. The highest BCUT2D eigenvalue weighted by atomic mass is 19.4. The van der Waals surface area contributed by atoms with E-state index in [9.17, 15) is 22.8 Å². The fourth-order valence-electron chi connectivity index (χ4n) is 2.72. The molecule has 0 N–H and O–H groups in total. The van der Waals surface area contributed by atoms with Crippen molar-refractivity contribution in [2.24, 2.45) is 17.8 Å². The lowest BCUT2D eigenvalue weighted by Crippen LogP contribution is -2.36. The van der Waals surface area contributed by atoms with Crippen LogP contribution in [0.15, 0.2) is 30.3 Å². The highest BCUT2D eigenvalue weighted by Crippen LogP contribution is 2.60. The molecule has 1 aliphatic carbocycles. The van der Waals surface area contributed by atoms with Crippen molar-refractivity contribution in [1.82, 2.24) is 4.90 Å². The smallest absolute Gasteiger partial charge is 0.278 e. The van der Waals surface area contributed by atoms with E-state index in [-0.39, 0.29) is 6.54 Å². The van der Waals surface area contributed by atoms with Crippen LogP contribution >= 0.6 is 0 Å². The summed E-state index contributed by atoms with van der Waals surface area (Å²) < 4.78 is 37.6. The maximum absolute atomic E-state index is 12.5. The Hall–Kier alpha value is -1.85. The highest BCUT2D eigenvalue weighted by molar-refractivity contribution is 6.09. The Morgan fingerprint density at radius 3 is 2.00 bits per heavy atom. The maximum atomic E-state index is 12.5. The fraction of sp³-hybridized carbons (Fsp3) is 0.385. The van der Waals surface area contributed by atoms with Crippen LogP contribution in [0, 0.1) is 17.8 Å². The van der Waals surface area contributed by atoms with Gasteiger partial charge in [0.2, 0.25) is 11.8 Å². The predicted molar refractivity (Wildman–Crippen MR) is 58.5 cm³/mol. The summed E-state index contributed by atoms with van der Waals surface area (Å²) in [6.45, 7) is 0.0517. The quantitative estimate of drug-likeness (QED) is 0.770. The number of likely N-dealkylation sites (tertiary alicyclic amines) is 1. The van der Waals surface area contributed by atoms with Gasteiger partial charge in [0.1, 0.15) is 0 Å². The summed E-state index contributed by atoms with van der Waals surface area (Å²) in [4.78, 5) is 24.6. The Labute approximate surface area is 107 Å². The van der Waals surface area contributed by atoms with Crippen molar-refractivity contribution in [2.45, 2.75) is 12.7 Å². The second-order valence-electron chi connectivity index (χ2n) is 4.87. The molecule has 100 valence electrons. The molecule has 0 spiro atoms. The average Bonchev–Trinajstić information content (AvgIpc) is 3.06. The number of hydrogen-bond donors (Lipinski definition) is 0. The Bertz CT molecular complexity index is 519. The van der Waals surface area contributed by atoms with Crippen LogP contribution in [0.3, 0.4) is 0 Å². The fourth-order valence-corrected chi connectivity index (χ4v) is 2.72. The summed E-state index contributed by atoms with van der Waals surface area (Å²) in [7, 11) is 0. The van der Waals surface area contributed by atoms with Crippen LogP contribution in [0.2, 0.25) is 0 Å². The largest absolute Gasteiger partial charge is 0.393 e. The number of rotatable bonds is 2. The molecule has 1 aliphatic heterocycles. The average molecular weight is 269 g/mol. The number of benzene rings is 1. The number of fused-ring (bicyclic) bond motifs is 1. The van der Waals surface area contributed by atoms with Crippen molar-refractivity contribution in [1.29, 1.82) is 0 Å². The minimum atomic E-state index is -4.46. The number of carbonyl (C=O) groups excluding carboxylic acids is 2. The first-order valence-electron chi connectivity index (χ1n) is 5.87. The van der Waals surface area contributed by atoms with E-state index >= 15 is 0 Å². The lowest BCUT2D eigenvalue weighted by molar-refractivity contribution is -0.168. The minimum absolute atomic E-state index is 0.0517. The number of imide groups is 1. The Kier molecular flexibility index (Phi) is 2.45. The van der Waals surface area contributed by atoms with Gasteiger partial charge in [-0.2, -0.15) is 13.2 Å². The number of carbonyl (C=O) groups is 2. The zero-order chi connectivity index (χ0) is 13.8. The Balaban J connectivity index is 1.76. The van der Waals surface area contributed by atoms with Crippen LogP contribution < -0.4 is 0 Å². The van der Waals surface area contributed by atoms with Gasteiger partial charge in [-0.1, -0.05) is 30.3 Å². The third kappa shape index (κ3) is 1.82. The molecule has 1 saturated heterocycles. The van der Waals surface area contributed by atoms with Gasteiger partial charge >= 0.3 is 6.18 Å². The van der Waals surface area contributed by atoms with Crippen molar-refractivity contribution in [3.05, 3.63) is 35.9 Å². The minimum Gasteiger partial charge on any atom is -0.278 e. The zero-order valence-corrected chi connectivity index (χ0v) is 9.72. The number of amides is 2. The molecule has 0 radical (unpaired) electrons. The standard InChI is InChI=1S/C13H10F3NO2/c14-13(15,16)10-8-9(10)12(19)17(11(8)18)6-7-4-2-1-3-5-7/h1-5,8-10H,6H2/t8-,9+,10?. The second kappa shape index (κ2) is 3.82. The molecule has 1 aromatic rings. The van der Waals surface area contributed by atoms with E-state index in [2.05, 4.69) is 0 Å². The monoisotopic (exact) mass is 269 g/mol. The van der Waals surface area contributed by atoms with Crippen LogP contribution in [0.25, 0.3) is 0 Å². The predicted octanol–water partition coefficient (Wildman–Crippen LogP) is 1.98. The zero-order valence-electron chi connectivity index (χ0n) is 9.72. The number of nitrogens with zero attached hydrogens (tertiary/aromatic N) is 1. The molecule has 0 aromatic heterocycles.